The maximum atomic E-state index is 12.3. The second-order valence-electron chi connectivity index (χ2n) is 6.14. The van der Waals surface area contributed by atoms with E-state index in [1.807, 2.05) is 0 Å². The van der Waals surface area contributed by atoms with Crippen molar-refractivity contribution in [2.75, 3.05) is 7.11 Å². The largest absolute Gasteiger partial charge is 0.464 e. The van der Waals surface area contributed by atoms with Gasteiger partial charge in [0.2, 0.25) is 0 Å². The zero-order valence-electron chi connectivity index (χ0n) is 14.6. The molecule has 144 valence electrons. The molecule has 0 saturated carbocycles. The van der Waals surface area contributed by atoms with Crippen LogP contribution in [0.2, 0.25) is 10.0 Å². The first-order valence-electron chi connectivity index (χ1n) is 8.14. The summed E-state index contributed by atoms with van der Waals surface area (Å²) in [4.78, 5) is 12.3. The number of methoxy groups -OCH3 is 1. The maximum Gasteiger partial charge on any atom is 0.379 e. The summed E-state index contributed by atoms with van der Waals surface area (Å²) in [6.07, 6.45) is -0.274. The first kappa shape index (κ1) is 20.7. The van der Waals surface area contributed by atoms with Gasteiger partial charge in [0.25, 0.3) is 0 Å². The van der Waals surface area contributed by atoms with Gasteiger partial charge < -0.3 is 14.6 Å². The molecule has 0 bridgehead atoms. The predicted molar refractivity (Wildman–Crippen MR) is 109 cm³/mol. The van der Waals surface area contributed by atoms with E-state index in [2.05, 4.69) is 22.0 Å². The lowest BCUT2D eigenvalue weighted by atomic mass is 9.81. The zero-order chi connectivity index (χ0) is 20.5. The highest BCUT2D eigenvalue weighted by molar-refractivity contribution is 9.10. The maximum absolute atomic E-state index is 12.3. The second-order valence-corrected chi connectivity index (χ2v) is 7.87. The topological polar surface area (TPSA) is 79.5 Å². The highest BCUT2D eigenvalue weighted by Crippen LogP contribution is 2.48. The molecule has 0 aromatic heterocycles. The van der Waals surface area contributed by atoms with Crippen LogP contribution in [0, 0.1) is 11.3 Å². The number of hydrogen-bond acceptors (Lipinski definition) is 5. The van der Waals surface area contributed by atoms with Gasteiger partial charge in [0.05, 0.1) is 18.8 Å². The molecule has 28 heavy (non-hydrogen) atoms. The lowest BCUT2D eigenvalue weighted by Gasteiger charge is -2.36. The van der Waals surface area contributed by atoms with Crippen molar-refractivity contribution in [3.8, 4) is 6.07 Å². The van der Waals surface area contributed by atoms with E-state index >= 15 is 0 Å². The van der Waals surface area contributed by atoms with Gasteiger partial charge >= 0.3 is 11.8 Å². The summed E-state index contributed by atoms with van der Waals surface area (Å²) >= 11 is 16.1. The molecule has 1 N–H and O–H groups in total. The molecule has 0 fully saturated rings. The fourth-order valence-electron chi connectivity index (χ4n) is 3.15. The summed E-state index contributed by atoms with van der Waals surface area (Å²) < 4.78 is 11.1. The summed E-state index contributed by atoms with van der Waals surface area (Å²) in [5, 5.41) is 21.4. The monoisotopic (exact) mass is 481 g/mol. The van der Waals surface area contributed by atoms with Crippen molar-refractivity contribution in [3.63, 3.8) is 0 Å². The molecule has 0 saturated heterocycles. The van der Waals surface area contributed by atoms with Gasteiger partial charge in [0.15, 0.2) is 0 Å². The highest BCUT2D eigenvalue weighted by Gasteiger charge is 2.49. The van der Waals surface area contributed by atoms with E-state index in [4.69, 9.17) is 32.7 Å². The fourth-order valence-corrected chi connectivity index (χ4v) is 4.21. The van der Waals surface area contributed by atoms with Crippen LogP contribution in [0.15, 0.2) is 52.5 Å². The predicted octanol–water partition coefficient (Wildman–Crippen LogP) is 5.06. The molecule has 2 unspecified atom stereocenters. The van der Waals surface area contributed by atoms with Gasteiger partial charge in [-0.05, 0) is 29.8 Å². The third-order valence-electron chi connectivity index (χ3n) is 4.40. The van der Waals surface area contributed by atoms with E-state index in [1.54, 1.807) is 42.5 Å². The molecule has 5 nitrogen and oxygen atoms in total. The lowest BCUT2D eigenvalue weighted by molar-refractivity contribution is -0.210. The number of esters is 1. The smallest absolute Gasteiger partial charge is 0.379 e. The number of carbonyl (C=O) groups is 1. The van der Waals surface area contributed by atoms with Crippen LogP contribution in [-0.4, -0.2) is 24.0 Å². The van der Waals surface area contributed by atoms with Gasteiger partial charge in [-0.1, -0.05) is 57.3 Å². The number of ether oxygens (including phenoxy) is 2. The minimum atomic E-state index is -2.31. The Kier molecular flexibility index (Phi) is 6.01. The van der Waals surface area contributed by atoms with Crippen molar-refractivity contribution in [1.82, 2.24) is 0 Å². The van der Waals surface area contributed by atoms with E-state index < -0.39 is 17.7 Å². The molecule has 8 heteroatoms. The molecule has 0 spiro atoms. The Morgan fingerprint density at radius 1 is 1.32 bits per heavy atom. The van der Waals surface area contributed by atoms with E-state index in [0.717, 1.165) is 11.6 Å². The van der Waals surface area contributed by atoms with E-state index in [-0.39, 0.29) is 17.8 Å². The number of hydrogen-bond donors (Lipinski definition) is 1. The Morgan fingerprint density at radius 3 is 2.54 bits per heavy atom. The van der Waals surface area contributed by atoms with Gasteiger partial charge in [-0.3, -0.25) is 0 Å². The molecule has 1 aliphatic rings. The Balaban J connectivity index is 2.28. The van der Waals surface area contributed by atoms with Crippen molar-refractivity contribution in [3.05, 3.63) is 73.7 Å². The fraction of sp³-hybridized carbons (Fsp3) is 0.200. The summed E-state index contributed by atoms with van der Waals surface area (Å²) in [5.74, 6) is -4.01. The highest BCUT2D eigenvalue weighted by atomic mass is 79.9. The molecular formula is C20H14BrCl2NO4. The molecule has 0 radical (unpaired) electrons. The number of benzene rings is 2. The summed E-state index contributed by atoms with van der Waals surface area (Å²) in [7, 11) is 1.14. The minimum absolute atomic E-state index is 0.0592. The Hall–Kier alpha value is -2.04. The second kappa shape index (κ2) is 8.14. The summed E-state index contributed by atoms with van der Waals surface area (Å²) in [6, 6.07) is 14.0. The van der Waals surface area contributed by atoms with Crippen LogP contribution in [0.25, 0.3) is 5.76 Å². The third kappa shape index (κ3) is 3.76. The summed E-state index contributed by atoms with van der Waals surface area (Å²) in [6.45, 7) is 0. The first-order chi connectivity index (χ1) is 13.3. The molecule has 2 atom stereocenters. The average Bonchev–Trinajstić information content (AvgIpc) is 2.66. The van der Waals surface area contributed by atoms with Crippen LogP contribution >= 0.6 is 39.1 Å². The number of nitriles is 1. The standard InChI is InChI=1S/C20H14BrCl2NO4/c1-27-19(25)20(26)9-13(17-15(22)6-3-7-16(17)23)14(10-24)18(28-20)11-4-2-5-12(21)8-11/h2-8,13,26H,9H2,1H3. The van der Waals surface area contributed by atoms with Crippen molar-refractivity contribution < 1.29 is 19.4 Å². The van der Waals surface area contributed by atoms with Crippen molar-refractivity contribution in [2.45, 2.75) is 18.1 Å². The van der Waals surface area contributed by atoms with Crippen LogP contribution in [0.5, 0.6) is 0 Å². The normalized spacial score (nSPS) is 21.6. The first-order valence-corrected chi connectivity index (χ1v) is 9.69. The molecule has 0 aliphatic carbocycles. The molecule has 2 aromatic carbocycles. The average molecular weight is 483 g/mol. The number of nitrogens with zero attached hydrogens (tertiary/aromatic N) is 1. The van der Waals surface area contributed by atoms with Crippen molar-refractivity contribution in [1.29, 1.82) is 5.26 Å². The summed E-state index contributed by atoms with van der Waals surface area (Å²) in [5.41, 5.74) is 1.13. The van der Waals surface area contributed by atoms with Crippen LogP contribution in [0.3, 0.4) is 0 Å². The molecule has 3 rings (SSSR count). The minimum Gasteiger partial charge on any atom is -0.464 e. The third-order valence-corrected chi connectivity index (χ3v) is 5.56. The molecule has 1 heterocycles. The molecule has 1 aliphatic heterocycles. The van der Waals surface area contributed by atoms with Gasteiger partial charge in [0.1, 0.15) is 5.76 Å². The molecule has 0 amide bonds. The zero-order valence-corrected chi connectivity index (χ0v) is 17.7. The lowest BCUT2D eigenvalue weighted by Crippen LogP contribution is -2.46. The van der Waals surface area contributed by atoms with Gasteiger partial charge in [-0.2, -0.15) is 5.26 Å². The number of carbonyl (C=O) groups excluding carboxylic acids is 1. The van der Waals surface area contributed by atoms with Gasteiger partial charge in [-0.25, -0.2) is 4.79 Å². The van der Waals surface area contributed by atoms with Gasteiger partial charge in [0, 0.05) is 32.4 Å². The van der Waals surface area contributed by atoms with Crippen LogP contribution in [0.4, 0.5) is 0 Å². The SMILES string of the molecule is COC(=O)C1(O)CC(c2c(Cl)cccc2Cl)C(C#N)=C(c2cccc(Br)c2)O1. The Bertz CT molecular complexity index is 997. The van der Waals surface area contributed by atoms with Gasteiger partial charge in [-0.15, -0.1) is 0 Å². The Morgan fingerprint density at radius 2 is 1.96 bits per heavy atom. The number of aliphatic hydroxyl groups is 1. The van der Waals surface area contributed by atoms with E-state index in [9.17, 15) is 15.2 Å². The molecular weight excluding hydrogens is 469 g/mol. The van der Waals surface area contributed by atoms with Crippen LogP contribution in [-0.2, 0) is 14.3 Å². The van der Waals surface area contributed by atoms with Crippen molar-refractivity contribution in [2.24, 2.45) is 0 Å². The number of rotatable bonds is 3. The Labute approximate surface area is 180 Å². The molecule has 2 aromatic rings. The van der Waals surface area contributed by atoms with Crippen LogP contribution < -0.4 is 0 Å². The van der Waals surface area contributed by atoms with Crippen LogP contribution in [0.1, 0.15) is 23.5 Å². The van der Waals surface area contributed by atoms with Crippen molar-refractivity contribution >= 4 is 50.9 Å². The number of allylic oxidation sites excluding steroid dienone is 1. The van der Waals surface area contributed by atoms with E-state index in [0.29, 0.717) is 21.2 Å². The quantitative estimate of drug-likeness (QED) is 0.618. The van der Waals surface area contributed by atoms with E-state index in [1.165, 1.54) is 0 Å². The number of halogens is 3.